The number of rotatable bonds is 2. The molecule has 1 aromatic rings. The van der Waals surface area contributed by atoms with Crippen molar-refractivity contribution in [2.45, 2.75) is 18.4 Å². The van der Waals surface area contributed by atoms with E-state index in [1.165, 1.54) is 12.1 Å². The van der Waals surface area contributed by atoms with Crippen LogP contribution < -0.4 is 0 Å². The van der Waals surface area contributed by atoms with Crippen molar-refractivity contribution >= 4 is 21.8 Å². The smallest absolute Gasteiger partial charge is 0.268 e. The van der Waals surface area contributed by atoms with E-state index in [9.17, 15) is 23.1 Å². The minimum atomic E-state index is -2.92. The van der Waals surface area contributed by atoms with Gasteiger partial charge < -0.3 is 10.0 Å². The monoisotopic (exact) mass is 337 g/mol. The molecule has 1 aliphatic heterocycles. The molecule has 2 rings (SSSR count). The van der Waals surface area contributed by atoms with E-state index < -0.39 is 30.3 Å². The number of carbonyl (C=O) groups is 1. The van der Waals surface area contributed by atoms with Crippen LogP contribution in [0.4, 0.5) is 13.2 Å². The van der Waals surface area contributed by atoms with Gasteiger partial charge in [0.25, 0.3) is 12.3 Å². The number of nitrogens with zero attached hydrogens (tertiary/aromatic N) is 1. The number of amides is 1. The Morgan fingerprint density at radius 1 is 1.47 bits per heavy atom. The van der Waals surface area contributed by atoms with Gasteiger partial charge in [-0.25, -0.2) is 13.2 Å². The number of hydrogen-bond donors (Lipinski definition) is 1. The quantitative estimate of drug-likeness (QED) is 0.900. The predicted octanol–water partition coefficient (Wildman–Crippen LogP) is 2.43. The standard InChI is InChI=1S/C12H11BrF3NO2/c13-9-2-1-7(14)5-8(9)10(18)17-4-3-12(19,6-17)11(15)16/h1-2,5,11,19H,3-4,6H2. The molecule has 0 spiro atoms. The van der Waals surface area contributed by atoms with Crippen LogP contribution in [0.2, 0.25) is 0 Å². The van der Waals surface area contributed by atoms with Crippen molar-refractivity contribution in [1.29, 1.82) is 0 Å². The lowest BCUT2D eigenvalue weighted by atomic mass is 10.1. The molecule has 1 heterocycles. The average Bonchev–Trinajstić information content (AvgIpc) is 2.76. The van der Waals surface area contributed by atoms with Gasteiger partial charge in [0.05, 0.1) is 12.1 Å². The van der Waals surface area contributed by atoms with E-state index in [1.54, 1.807) is 0 Å². The summed E-state index contributed by atoms with van der Waals surface area (Å²) in [5.41, 5.74) is -2.12. The maximum atomic E-state index is 13.1. The van der Waals surface area contributed by atoms with Gasteiger partial charge in [-0.2, -0.15) is 0 Å². The largest absolute Gasteiger partial charge is 0.382 e. The Balaban J connectivity index is 2.20. The maximum absolute atomic E-state index is 13.1. The number of β-amino-alcohol motifs (C(OH)–C–C–N with tert-alkyl or cyclic N) is 1. The maximum Gasteiger partial charge on any atom is 0.268 e. The summed E-state index contributed by atoms with van der Waals surface area (Å²) in [6.07, 6.45) is -3.11. The summed E-state index contributed by atoms with van der Waals surface area (Å²) in [4.78, 5) is 13.2. The first kappa shape index (κ1) is 14.3. The zero-order valence-electron chi connectivity index (χ0n) is 9.75. The van der Waals surface area contributed by atoms with Gasteiger partial charge in [-0.15, -0.1) is 0 Å². The average molecular weight is 338 g/mol. The second kappa shape index (κ2) is 5.13. The van der Waals surface area contributed by atoms with Gasteiger partial charge in [-0.1, -0.05) is 0 Å². The second-order valence-corrected chi connectivity index (χ2v) is 5.36. The number of likely N-dealkylation sites (tertiary alicyclic amines) is 1. The molecule has 0 saturated carbocycles. The lowest BCUT2D eigenvalue weighted by Crippen LogP contribution is -2.41. The van der Waals surface area contributed by atoms with E-state index >= 15 is 0 Å². The normalized spacial score (nSPS) is 23.2. The molecule has 104 valence electrons. The molecule has 1 amide bonds. The number of halogens is 4. The molecule has 1 fully saturated rings. The highest BCUT2D eigenvalue weighted by Gasteiger charge is 2.45. The highest BCUT2D eigenvalue weighted by Crippen LogP contribution is 2.30. The minimum Gasteiger partial charge on any atom is -0.382 e. The topological polar surface area (TPSA) is 40.5 Å². The SMILES string of the molecule is O=C(c1cc(F)ccc1Br)N1CCC(O)(C(F)F)C1. The Morgan fingerprint density at radius 3 is 2.74 bits per heavy atom. The molecule has 0 radical (unpaired) electrons. The van der Waals surface area contributed by atoms with Crippen LogP contribution in [-0.2, 0) is 0 Å². The molecule has 7 heteroatoms. The van der Waals surface area contributed by atoms with Crippen LogP contribution in [-0.4, -0.2) is 41.0 Å². The number of alkyl halides is 2. The van der Waals surface area contributed by atoms with E-state index in [1.807, 2.05) is 0 Å². The van der Waals surface area contributed by atoms with Crippen molar-refractivity contribution in [3.05, 3.63) is 34.1 Å². The number of aliphatic hydroxyl groups is 1. The van der Waals surface area contributed by atoms with Crippen molar-refractivity contribution in [1.82, 2.24) is 4.90 Å². The predicted molar refractivity (Wildman–Crippen MR) is 65.6 cm³/mol. The van der Waals surface area contributed by atoms with Crippen molar-refractivity contribution < 1.29 is 23.1 Å². The van der Waals surface area contributed by atoms with E-state index in [0.717, 1.165) is 11.0 Å². The van der Waals surface area contributed by atoms with E-state index in [-0.39, 0.29) is 18.5 Å². The molecule has 1 unspecified atom stereocenters. The van der Waals surface area contributed by atoms with Crippen molar-refractivity contribution in [3.8, 4) is 0 Å². The molecule has 3 nitrogen and oxygen atoms in total. The fraction of sp³-hybridized carbons (Fsp3) is 0.417. The molecule has 0 bridgehead atoms. The first-order chi connectivity index (χ1) is 8.83. The molecule has 0 aromatic heterocycles. The Bertz CT molecular complexity index is 512. The Hall–Kier alpha value is -1.08. The first-order valence-corrected chi connectivity index (χ1v) is 6.38. The summed E-state index contributed by atoms with van der Waals surface area (Å²) < 4.78 is 38.8. The zero-order valence-corrected chi connectivity index (χ0v) is 11.3. The van der Waals surface area contributed by atoms with Crippen LogP contribution in [0.15, 0.2) is 22.7 Å². The van der Waals surface area contributed by atoms with Crippen LogP contribution in [0, 0.1) is 5.82 Å². The highest BCUT2D eigenvalue weighted by atomic mass is 79.9. The number of hydrogen-bond acceptors (Lipinski definition) is 2. The lowest BCUT2D eigenvalue weighted by Gasteiger charge is -2.22. The Kier molecular flexibility index (Phi) is 3.87. The summed E-state index contributed by atoms with van der Waals surface area (Å²) in [5.74, 6) is -1.17. The van der Waals surface area contributed by atoms with Gasteiger partial charge in [-0.3, -0.25) is 4.79 Å². The fourth-order valence-electron chi connectivity index (χ4n) is 2.00. The van der Waals surface area contributed by atoms with Gasteiger partial charge in [0.2, 0.25) is 0 Å². The van der Waals surface area contributed by atoms with Crippen LogP contribution in [0.3, 0.4) is 0 Å². The summed E-state index contributed by atoms with van der Waals surface area (Å²) in [5, 5.41) is 9.63. The van der Waals surface area contributed by atoms with Crippen LogP contribution in [0.25, 0.3) is 0 Å². The fourth-order valence-corrected chi connectivity index (χ4v) is 2.42. The van der Waals surface area contributed by atoms with E-state index in [4.69, 9.17) is 0 Å². The third-order valence-electron chi connectivity index (χ3n) is 3.13. The van der Waals surface area contributed by atoms with Gasteiger partial charge in [0, 0.05) is 17.4 Å². The van der Waals surface area contributed by atoms with Gasteiger partial charge in [0.15, 0.2) is 0 Å². The third kappa shape index (κ3) is 2.76. The third-order valence-corrected chi connectivity index (χ3v) is 3.82. The summed E-state index contributed by atoms with van der Waals surface area (Å²) in [6.45, 7) is -0.435. The highest BCUT2D eigenvalue weighted by molar-refractivity contribution is 9.10. The molecule has 1 aliphatic rings. The molecule has 1 atom stereocenters. The summed E-state index contributed by atoms with van der Waals surface area (Å²) >= 11 is 3.11. The van der Waals surface area contributed by atoms with Crippen LogP contribution >= 0.6 is 15.9 Å². The van der Waals surface area contributed by atoms with Crippen molar-refractivity contribution in [2.75, 3.05) is 13.1 Å². The van der Waals surface area contributed by atoms with Gasteiger partial charge in [-0.05, 0) is 34.1 Å². The minimum absolute atomic E-state index is 0.0165. The number of benzene rings is 1. The molecule has 19 heavy (non-hydrogen) atoms. The molecule has 0 aliphatic carbocycles. The van der Waals surface area contributed by atoms with Gasteiger partial charge in [0.1, 0.15) is 11.4 Å². The van der Waals surface area contributed by atoms with Crippen LogP contribution in [0.1, 0.15) is 16.8 Å². The Morgan fingerprint density at radius 2 is 2.16 bits per heavy atom. The number of carbonyl (C=O) groups excluding carboxylic acids is 1. The van der Waals surface area contributed by atoms with Crippen molar-refractivity contribution in [3.63, 3.8) is 0 Å². The first-order valence-electron chi connectivity index (χ1n) is 5.58. The van der Waals surface area contributed by atoms with E-state index in [0.29, 0.717) is 4.47 Å². The van der Waals surface area contributed by atoms with Crippen molar-refractivity contribution in [2.24, 2.45) is 0 Å². The lowest BCUT2D eigenvalue weighted by molar-refractivity contribution is -0.0855. The molecular weight excluding hydrogens is 327 g/mol. The van der Waals surface area contributed by atoms with Crippen LogP contribution in [0.5, 0.6) is 0 Å². The zero-order chi connectivity index (χ0) is 14.2. The molecule has 1 aromatic carbocycles. The summed E-state index contributed by atoms with van der Waals surface area (Å²) in [6, 6.07) is 3.59. The molecule has 1 N–H and O–H groups in total. The van der Waals surface area contributed by atoms with E-state index in [2.05, 4.69) is 15.9 Å². The second-order valence-electron chi connectivity index (χ2n) is 4.51. The molecular formula is C12H11BrF3NO2. The Labute approximate surface area is 116 Å². The summed E-state index contributed by atoms with van der Waals surface area (Å²) in [7, 11) is 0. The molecule has 1 saturated heterocycles. The van der Waals surface area contributed by atoms with Gasteiger partial charge >= 0.3 is 0 Å².